The fourth-order valence-corrected chi connectivity index (χ4v) is 6.33. The van der Waals surface area contributed by atoms with E-state index in [1.807, 2.05) is 17.7 Å². The summed E-state index contributed by atoms with van der Waals surface area (Å²) in [6, 6.07) is 8.34. The number of rotatable bonds is 6. The van der Waals surface area contributed by atoms with Crippen molar-refractivity contribution >= 4 is 43.2 Å². The minimum absolute atomic E-state index is 0.210. The predicted octanol–water partition coefficient (Wildman–Crippen LogP) is 4.10. The Kier molecular flexibility index (Phi) is 5.69. The molecule has 0 spiro atoms. The number of nitrogens with zero attached hydrogens (tertiary/aromatic N) is 3. The van der Waals surface area contributed by atoms with Crippen molar-refractivity contribution in [3.63, 3.8) is 0 Å². The predicted molar refractivity (Wildman–Crippen MR) is 120 cm³/mol. The molecule has 30 heavy (non-hydrogen) atoms. The van der Waals surface area contributed by atoms with Crippen LogP contribution in [-0.2, 0) is 16.6 Å². The molecule has 1 aliphatic rings. The number of hydrogen-bond acceptors (Lipinski definition) is 5. The zero-order valence-corrected chi connectivity index (χ0v) is 19.0. The molecule has 1 N–H and O–H groups in total. The number of sulfonamides is 1. The molecule has 0 bridgehead atoms. The largest absolute Gasteiger partial charge is 0.321 e. The second-order valence-electron chi connectivity index (χ2n) is 8.08. The zero-order valence-electron chi connectivity index (χ0n) is 17.4. The van der Waals surface area contributed by atoms with Gasteiger partial charge < -0.3 is 5.32 Å². The van der Waals surface area contributed by atoms with Crippen molar-refractivity contribution in [1.82, 2.24) is 14.1 Å². The Morgan fingerprint density at radius 1 is 1.23 bits per heavy atom. The van der Waals surface area contributed by atoms with Crippen molar-refractivity contribution in [3.8, 4) is 0 Å². The minimum Gasteiger partial charge on any atom is -0.321 e. The fraction of sp³-hybridized carbons (Fsp3) is 0.429. The van der Waals surface area contributed by atoms with Gasteiger partial charge in [0.2, 0.25) is 10.0 Å². The van der Waals surface area contributed by atoms with E-state index in [0.717, 1.165) is 35.3 Å². The van der Waals surface area contributed by atoms with Crippen LogP contribution in [0.3, 0.4) is 0 Å². The van der Waals surface area contributed by atoms with E-state index in [0.29, 0.717) is 29.6 Å². The van der Waals surface area contributed by atoms with Gasteiger partial charge in [0.1, 0.15) is 4.83 Å². The second-order valence-corrected chi connectivity index (χ2v) is 11.1. The Labute approximate surface area is 180 Å². The maximum Gasteiger partial charge on any atom is 0.265 e. The Bertz CT molecular complexity index is 1190. The van der Waals surface area contributed by atoms with Gasteiger partial charge in [-0.3, -0.25) is 9.48 Å². The van der Waals surface area contributed by atoms with Gasteiger partial charge in [0.25, 0.3) is 5.91 Å². The van der Waals surface area contributed by atoms with Crippen LogP contribution in [0.5, 0.6) is 0 Å². The van der Waals surface area contributed by atoms with Gasteiger partial charge in [-0.15, -0.1) is 11.3 Å². The summed E-state index contributed by atoms with van der Waals surface area (Å²) < 4.78 is 29.0. The molecule has 1 amide bonds. The quantitative estimate of drug-likeness (QED) is 0.618. The average Bonchev–Trinajstić information content (AvgIpc) is 3.41. The summed E-state index contributed by atoms with van der Waals surface area (Å²) in [5, 5.41) is 8.41. The van der Waals surface area contributed by atoms with Gasteiger partial charge in [0.05, 0.1) is 15.5 Å². The lowest BCUT2D eigenvalue weighted by atomic mass is 10.2. The van der Waals surface area contributed by atoms with Crippen LogP contribution in [0.15, 0.2) is 35.2 Å². The lowest BCUT2D eigenvalue weighted by Crippen LogP contribution is -2.27. The molecule has 0 saturated carbocycles. The first kappa shape index (κ1) is 21.0. The van der Waals surface area contributed by atoms with E-state index in [-0.39, 0.29) is 10.8 Å². The van der Waals surface area contributed by atoms with Crippen molar-refractivity contribution in [2.75, 3.05) is 18.4 Å². The summed E-state index contributed by atoms with van der Waals surface area (Å²) in [6.07, 6.45) is 1.77. The lowest BCUT2D eigenvalue weighted by Gasteiger charge is -2.16. The minimum atomic E-state index is -3.52. The monoisotopic (exact) mass is 446 g/mol. The van der Waals surface area contributed by atoms with E-state index >= 15 is 0 Å². The zero-order chi connectivity index (χ0) is 21.5. The first-order valence-electron chi connectivity index (χ1n) is 10.1. The molecule has 4 rings (SSSR count). The van der Waals surface area contributed by atoms with E-state index in [4.69, 9.17) is 0 Å². The van der Waals surface area contributed by atoms with E-state index < -0.39 is 10.0 Å². The summed E-state index contributed by atoms with van der Waals surface area (Å²) in [5.74, 6) is 0.203. The van der Waals surface area contributed by atoms with Gasteiger partial charge in [-0.1, -0.05) is 19.9 Å². The van der Waals surface area contributed by atoms with Gasteiger partial charge >= 0.3 is 0 Å². The summed E-state index contributed by atoms with van der Waals surface area (Å²) >= 11 is 1.41. The number of aromatic nitrogens is 2. The van der Waals surface area contributed by atoms with Gasteiger partial charge in [0.15, 0.2) is 0 Å². The van der Waals surface area contributed by atoms with Crippen LogP contribution in [-0.4, -0.2) is 41.5 Å². The number of aryl methyl sites for hydroxylation is 1. The van der Waals surface area contributed by atoms with Crippen LogP contribution in [0.1, 0.15) is 42.1 Å². The summed E-state index contributed by atoms with van der Waals surface area (Å²) in [5.41, 5.74) is 1.37. The Morgan fingerprint density at radius 3 is 2.67 bits per heavy atom. The average molecular weight is 447 g/mol. The molecule has 9 heteroatoms. The molecule has 2 aromatic heterocycles. The summed E-state index contributed by atoms with van der Waals surface area (Å²) in [4.78, 5) is 14.6. The van der Waals surface area contributed by atoms with Crippen molar-refractivity contribution in [2.45, 2.75) is 45.1 Å². The van der Waals surface area contributed by atoms with Crippen molar-refractivity contribution < 1.29 is 13.2 Å². The molecule has 3 heterocycles. The van der Waals surface area contributed by atoms with Gasteiger partial charge in [0, 0.05) is 30.7 Å². The third kappa shape index (κ3) is 4.01. The molecular weight excluding hydrogens is 420 g/mol. The number of carbonyl (C=O) groups is 1. The fourth-order valence-electron chi connectivity index (χ4n) is 3.70. The Morgan fingerprint density at radius 2 is 1.97 bits per heavy atom. The molecule has 0 radical (unpaired) electrons. The number of hydrogen-bond donors (Lipinski definition) is 1. The molecule has 0 unspecified atom stereocenters. The molecule has 1 saturated heterocycles. The van der Waals surface area contributed by atoms with Gasteiger partial charge in [-0.05, 0) is 49.9 Å². The number of carbonyl (C=O) groups excluding carboxylic acids is 1. The molecule has 3 aromatic rings. The van der Waals surface area contributed by atoms with Crippen molar-refractivity contribution in [3.05, 3.63) is 40.9 Å². The van der Waals surface area contributed by atoms with E-state index in [9.17, 15) is 13.2 Å². The number of benzene rings is 1. The maximum atomic E-state index is 12.9. The number of nitrogens with one attached hydrogen (secondary N) is 1. The van der Waals surface area contributed by atoms with Crippen molar-refractivity contribution in [2.24, 2.45) is 5.92 Å². The molecule has 0 atom stereocenters. The van der Waals surface area contributed by atoms with Crippen LogP contribution in [0, 0.1) is 12.8 Å². The third-order valence-electron chi connectivity index (χ3n) is 5.16. The number of thiophene rings is 1. The smallest absolute Gasteiger partial charge is 0.265 e. The first-order chi connectivity index (χ1) is 14.3. The molecule has 1 fully saturated rings. The highest BCUT2D eigenvalue weighted by Crippen LogP contribution is 2.30. The second kappa shape index (κ2) is 8.13. The van der Waals surface area contributed by atoms with Crippen molar-refractivity contribution in [1.29, 1.82) is 0 Å². The molecule has 1 aliphatic heterocycles. The maximum absolute atomic E-state index is 12.9. The lowest BCUT2D eigenvalue weighted by molar-refractivity contribution is 0.103. The van der Waals surface area contributed by atoms with Crippen LogP contribution in [0.4, 0.5) is 5.69 Å². The van der Waals surface area contributed by atoms with Gasteiger partial charge in [-0.2, -0.15) is 9.40 Å². The van der Waals surface area contributed by atoms with E-state index in [1.54, 1.807) is 18.2 Å². The molecular formula is C21H26N4O3S2. The number of fused-ring (bicyclic) bond motifs is 1. The summed E-state index contributed by atoms with van der Waals surface area (Å²) in [7, 11) is -3.52. The van der Waals surface area contributed by atoms with E-state index in [2.05, 4.69) is 24.3 Å². The normalized spacial score (nSPS) is 15.3. The Hall–Kier alpha value is -2.23. The molecule has 0 aliphatic carbocycles. The number of anilines is 1. The van der Waals surface area contributed by atoms with E-state index in [1.165, 1.54) is 21.7 Å². The number of amides is 1. The highest BCUT2D eigenvalue weighted by Gasteiger charge is 2.27. The topological polar surface area (TPSA) is 84.3 Å². The summed E-state index contributed by atoms with van der Waals surface area (Å²) in [6.45, 7) is 8.10. The SMILES string of the molecule is Cc1nn(CC(C)C)c2sc(C(=O)Nc3cccc(S(=O)(=O)N4CCCC4)c3)cc12. The third-order valence-corrected chi connectivity index (χ3v) is 8.21. The van der Waals surface area contributed by atoms with Crippen LogP contribution in [0.25, 0.3) is 10.2 Å². The van der Waals surface area contributed by atoms with Crippen LogP contribution >= 0.6 is 11.3 Å². The molecule has 1 aromatic carbocycles. The standard InChI is InChI=1S/C21H26N4O3S2/c1-14(2)13-25-21-18(15(3)23-25)12-19(29-21)20(26)22-16-7-6-8-17(11-16)30(27,28)24-9-4-5-10-24/h6-8,11-12,14H,4-5,9-10,13H2,1-3H3,(H,22,26). The molecule has 160 valence electrons. The highest BCUT2D eigenvalue weighted by molar-refractivity contribution is 7.89. The molecule has 7 nitrogen and oxygen atoms in total. The van der Waals surface area contributed by atoms with Gasteiger partial charge in [-0.25, -0.2) is 8.42 Å². The Balaban J connectivity index is 1.57. The van der Waals surface area contributed by atoms with Crippen LogP contribution < -0.4 is 5.32 Å². The van der Waals surface area contributed by atoms with Crippen LogP contribution in [0.2, 0.25) is 0 Å². The first-order valence-corrected chi connectivity index (χ1v) is 12.4. The highest BCUT2D eigenvalue weighted by atomic mass is 32.2.